The highest BCUT2D eigenvalue weighted by atomic mass is 16.5. The zero-order chi connectivity index (χ0) is 20.4. The number of aromatic nitrogens is 4. The van der Waals surface area contributed by atoms with Crippen molar-refractivity contribution in [1.82, 2.24) is 24.2 Å². The van der Waals surface area contributed by atoms with Crippen LogP contribution >= 0.6 is 0 Å². The van der Waals surface area contributed by atoms with Gasteiger partial charge in [0.2, 0.25) is 11.8 Å². The lowest BCUT2D eigenvalue weighted by Crippen LogP contribution is -2.40. The highest BCUT2D eigenvalue weighted by Gasteiger charge is 2.28. The standard InChI is InChI=1S/C21H27N5O3/c1-3-11-25-17-8-4-5-9-18(17)26(21(25)28)13-10-19(27)24-12-6-7-16(14-24)20-22-15(2)23-29-20/h4-5,8-9,16H,3,6-7,10-14H2,1-2H3/t16-/m0/s1. The number of amides is 1. The van der Waals surface area contributed by atoms with Crippen molar-refractivity contribution >= 4 is 16.9 Å². The molecule has 2 aromatic heterocycles. The minimum Gasteiger partial charge on any atom is -0.342 e. The summed E-state index contributed by atoms with van der Waals surface area (Å²) in [6, 6.07) is 7.78. The van der Waals surface area contributed by atoms with E-state index < -0.39 is 0 Å². The molecule has 0 aliphatic carbocycles. The quantitative estimate of drug-likeness (QED) is 0.638. The van der Waals surface area contributed by atoms with Crippen molar-refractivity contribution in [2.24, 2.45) is 0 Å². The van der Waals surface area contributed by atoms with E-state index >= 15 is 0 Å². The van der Waals surface area contributed by atoms with E-state index in [2.05, 4.69) is 17.1 Å². The summed E-state index contributed by atoms with van der Waals surface area (Å²) in [5, 5.41) is 3.86. The van der Waals surface area contributed by atoms with Gasteiger partial charge in [-0.05, 0) is 38.3 Å². The maximum atomic E-state index is 12.9. The Bertz CT molecular complexity index is 1060. The van der Waals surface area contributed by atoms with Crippen LogP contribution < -0.4 is 5.69 Å². The van der Waals surface area contributed by atoms with Crippen LogP contribution in [0, 0.1) is 6.92 Å². The number of hydrogen-bond donors (Lipinski definition) is 0. The van der Waals surface area contributed by atoms with Crippen LogP contribution in [0.3, 0.4) is 0 Å². The molecule has 1 atom stereocenters. The third kappa shape index (κ3) is 3.83. The lowest BCUT2D eigenvalue weighted by Gasteiger charge is -2.31. The molecule has 0 N–H and O–H groups in total. The van der Waals surface area contributed by atoms with Crippen molar-refractivity contribution in [2.45, 2.75) is 58.5 Å². The Balaban J connectivity index is 1.47. The molecule has 1 aliphatic heterocycles. The average molecular weight is 397 g/mol. The number of piperidine rings is 1. The van der Waals surface area contributed by atoms with Crippen LogP contribution in [0.5, 0.6) is 0 Å². The smallest absolute Gasteiger partial charge is 0.329 e. The highest BCUT2D eigenvalue weighted by Crippen LogP contribution is 2.26. The average Bonchev–Trinajstić information content (AvgIpc) is 3.29. The minimum atomic E-state index is -0.0429. The number of hydrogen-bond acceptors (Lipinski definition) is 5. The molecule has 0 saturated carbocycles. The van der Waals surface area contributed by atoms with Gasteiger partial charge in [-0.2, -0.15) is 4.98 Å². The van der Waals surface area contributed by atoms with E-state index in [4.69, 9.17) is 4.52 Å². The fourth-order valence-corrected chi connectivity index (χ4v) is 4.18. The third-order valence-electron chi connectivity index (χ3n) is 5.59. The number of para-hydroxylation sites is 2. The number of carbonyl (C=O) groups excluding carboxylic acids is 1. The van der Waals surface area contributed by atoms with E-state index in [1.54, 1.807) is 16.1 Å². The molecule has 0 spiro atoms. The molecule has 154 valence electrons. The lowest BCUT2D eigenvalue weighted by atomic mass is 9.97. The number of aryl methyl sites for hydroxylation is 3. The van der Waals surface area contributed by atoms with Crippen molar-refractivity contribution in [3.8, 4) is 0 Å². The molecule has 3 heterocycles. The van der Waals surface area contributed by atoms with Crippen LogP contribution in [-0.2, 0) is 17.9 Å². The second kappa shape index (κ2) is 8.23. The van der Waals surface area contributed by atoms with E-state index in [1.807, 2.05) is 29.2 Å². The van der Waals surface area contributed by atoms with Gasteiger partial charge in [-0.15, -0.1) is 0 Å². The zero-order valence-corrected chi connectivity index (χ0v) is 17.0. The summed E-state index contributed by atoms with van der Waals surface area (Å²) in [6.07, 6.45) is 3.04. The molecular formula is C21H27N5O3. The molecule has 1 aliphatic rings. The van der Waals surface area contributed by atoms with Gasteiger partial charge in [0, 0.05) is 32.6 Å². The van der Waals surface area contributed by atoms with E-state index in [9.17, 15) is 9.59 Å². The van der Waals surface area contributed by atoms with Crippen LogP contribution in [0.1, 0.15) is 50.2 Å². The molecule has 8 nitrogen and oxygen atoms in total. The first kappa shape index (κ1) is 19.4. The van der Waals surface area contributed by atoms with Crippen molar-refractivity contribution in [2.75, 3.05) is 13.1 Å². The normalized spacial score (nSPS) is 17.2. The summed E-state index contributed by atoms with van der Waals surface area (Å²) in [7, 11) is 0. The third-order valence-corrected chi connectivity index (χ3v) is 5.59. The lowest BCUT2D eigenvalue weighted by molar-refractivity contribution is -0.132. The maximum absolute atomic E-state index is 12.9. The first-order chi connectivity index (χ1) is 14.1. The Kier molecular flexibility index (Phi) is 5.51. The van der Waals surface area contributed by atoms with Gasteiger partial charge in [0.25, 0.3) is 0 Å². The molecule has 1 saturated heterocycles. The maximum Gasteiger partial charge on any atom is 0.329 e. The number of benzene rings is 1. The predicted octanol–water partition coefficient (Wildman–Crippen LogP) is 2.70. The minimum absolute atomic E-state index is 0.0429. The van der Waals surface area contributed by atoms with E-state index in [-0.39, 0.29) is 17.5 Å². The van der Waals surface area contributed by atoms with Crippen LogP contribution in [0.15, 0.2) is 33.6 Å². The Hall–Kier alpha value is -2.90. The van der Waals surface area contributed by atoms with E-state index in [0.29, 0.717) is 37.8 Å². The molecule has 4 rings (SSSR count). The fourth-order valence-electron chi connectivity index (χ4n) is 4.18. The monoisotopic (exact) mass is 397 g/mol. The predicted molar refractivity (Wildman–Crippen MR) is 109 cm³/mol. The molecule has 0 radical (unpaired) electrons. The molecule has 0 bridgehead atoms. The summed E-state index contributed by atoms with van der Waals surface area (Å²) >= 11 is 0. The number of nitrogens with zero attached hydrogens (tertiary/aromatic N) is 5. The Morgan fingerprint density at radius 1 is 1.21 bits per heavy atom. The van der Waals surface area contributed by atoms with Gasteiger partial charge in [-0.1, -0.05) is 24.2 Å². The Morgan fingerprint density at radius 2 is 1.93 bits per heavy atom. The van der Waals surface area contributed by atoms with E-state index in [0.717, 1.165) is 36.8 Å². The Morgan fingerprint density at radius 3 is 2.59 bits per heavy atom. The van der Waals surface area contributed by atoms with Gasteiger partial charge in [0.15, 0.2) is 5.82 Å². The summed E-state index contributed by atoms with van der Waals surface area (Å²) in [5.41, 5.74) is 1.77. The summed E-state index contributed by atoms with van der Waals surface area (Å²) < 4.78 is 8.83. The summed E-state index contributed by atoms with van der Waals surface area (Å²) in [5.74, 6) is 1.37. The number of imidazole rings is 1. The molecule has 3 aromatic rings. The molecule has 1 aromatic carbocycles. The molecule has 1 amide bonds. The second-order valence-electron chi connectivity index (χ2n) is 7.68. The van der Waals surface area contributed by atoms with Crippen molar-refractivity contribution in [3.05, 3.63) is 46.5 Å². The summed E-state index contributed by atoms with van der Waals surface area (Å²) in [4.78, 5) is 31.9. The Labute approximate surface area is 169 Å². The van der Waals surface area contributed by atoms with Crippen LogP contribution in [-0.4, -0.2) is 43.2 Å². The number of fused-ring (bicyclic) bond motifs is 1. The molecule has 1 fully saturated rings. The van der Waals surface area contributed by atoms with Gasteiger partial charge in [-0.3, -0.25) is 13.9 Å². The SMILES string of the molecule is CCCn1c(=O)n(CCC(=O)N2CCC[C@H](c3nc(C)no3)C2)c2ccccc21. The van der Waals surface area contributed by atoms with Crippen molar-refractivity contribution < 1.29 is 9.32 Å². The van der Waals surface area contributed by atoms with Gasteiger partial charge in [0.1, 0.15) is 0 Å². The number of carbonyl (C=O) groups is 1. The first-order valence-electron chi connectivity index (χ1n) is 10.3. The van der Waals surface area contributed by atoms with Crippen LogP contribution in [0.25, 0.3) is 11.0 Å². The molecule has 8 heteroatoms. The number of likely N-dealkylation sites (tertiary alicyclic amines) is 1. The number of rotatable bonds is 6. The second-order valence-corrected chi connectivity index (χ2v) is 7.68. The molecule has 0 unspecified atom stereocenters. The highest BCUT2D eigenvalue weighted by molar-refractivity contribution is 5.78. The topological polar surface area (TPSA) is 86.2 Å². The first-order valence-corrected chi connectivity index (χ1v) is 10.3. The zero-order valence-electron chi connectivity index (χ0n) is 17.0. The van der Waals surface area contributed by atoms with Crippen LogP contribution in [0.2, 0.25) is 0 Å². The molecule has 29 heavy (non-hydrogen) atoms. The van der Waals surface area contributed by atoms with Gasteiger partial charge >= 0.3 is 5.69 Å². The van der Waals surface area contributed by atoms with Gasteiger partial charge < -0.3 is 9.42 Å². The van der Waals surface area contributed by atoms with Gasteiger partial charge in [0.05, 0.1) is 17.0 Å². The van der Waals surface area contributed by atoms with E-state index in [1.165, 1.54) is 0 Å². The van der Waals surface area contributed by atoms with Gasteiger partial charge in [-0.25, -0.2) is 4.79 Å². The molecular weight excluding hydrogens is 370 g/mol. The van der Waals surface area contributed by atoms with Crippen molar-refractivity contribution in [3.63, 3.8) is 0 Å². The largest absolute Gasteiger partial charge is 0.342 e. The summed E-state index contributed by atoms with van der Waals surface area (Å²) in [6.45, 7) is 6.24. The van der Waals surface area contributed by atoms with Crippen LogP contribution in [0.4, 0.5) is 0 Å². The fraction of sp³-hybridized carbons (Fsp3) is 0.524. The van der Waals surface area contributed by atoms with Crippen molar-refractivity contribution in [1.29, 1.82) is 0 Å².